The molecular formula is C13H16ClN5O. The SMILES string of the molecule is Cc1nn(C)c(Cl)c1[C@H]1CCCN1C(=O)c1cnc[nH]1. The first-order chi connectivity index (χ1) is 9.59. The Labute approximate surface area is 121 Å². The Morgan fingerprint density at radius 1 is 1.55 bits per heavy atom. The Bertz CT molecular complexity index is 633. The van der Waals surface area contributed by atoms with Gasteiger partial charge in [-0.2, -0.15) is 5.10 Å². The summed E-state index contributed by atoms with van der Waals surface area (Å²) in [6.45, 7) is 2.66. The maximum absolute atomic E-state index is 12.5. The van der Waals surface area contributed by atoms with Crippen LogP contribution < -0.4 is 0 Å². The predicted octanol–water partition coefficient (Wildman–Crippen LogP) is 2.08. The molecule has 0 radical (unpaired) electrons. The third-order valence-corrected chi connectivity index (χ3v) is 4.22. The number of amides is 1. The first kappa shape index (κ1) is 13.2. The number of nitrogens with zero attached hydrogens (tertiary/aromatic N) is 4. The Kier molecular flexibility index (Phi) is 3.25. The highest BCUT2D eigenvalue weighted by Gasteiger charge is 2.34. The zero-order valence-electron chi connectivity index (χ0n) is 11.4. The molecule has 1 atom stereocenters. The van der Waals surface area contributed by atoms with Crippen molar-refractivity contribution in [3.05, 3.63) is 34.6 Å². The Hall–Kier alpha value is -1.82. The summed E-state index contributed by atoms with van der Waals surface area (Å²) in [6, 6.07) is -0.00741. The molecule has 1 fully saturated rings. The molecule has 1 saturated heterocycles. The quantitative estimate of drug-likeness (QED) is 0.922. The van der Waals surface area contributed by atoms with Gasteiger partial charge < -0.3 is 9.88 Å². The average molecular weight is 294 g/mol. The zero-order chi connectivity index (χ0) is 14.3. The number of H-pyrrole nitrogens is 1. The fourth-order valence-electron chi connectivity index (χ4n) is 2.86. The van der Waals surface area contributed by atoms with E-state index < -0.39 is 0 Å². The summed E-state index contributed by atoms with van der Waals surface area (Å²) in [5.74, 6) is -0.0377. The van der Waals surface area contributed by atoms with E-state index >= 15 is 0 Å². The average Bonchev–Trinajstić information content (AvgIpc) is 3.12. The molecule has 1 aliphatic heterocycles. The van der Waals surface area contributed by atoms with Gasteiger partial charge in [0.05, 0.1) is 24.3 Å². The third kappa shape index (κ3) is 2.00. The number of aromatic nitrogens is 4. The molecule has 0 aliphatic carbocycles. The van der Waals surface area contributed by atoms with Gasteiger partial charge in [-0.1, -0.05) is 11.6 Å². The molecule has 0 bridgehead atoms. The number of nitrogens with one attached hydrogen (secondary N) is 1. The number of carbonyl (C=O) groups is 1. The summed E-state index contributed by atoms with van der Waals surface area (Å²) < 4.78 is 1.66. The number of rotatable bonds is 2. The second-order valence-electron chi connectivity index (χ2n) is 5.04. The molecule has 1 N–H and O–H groups in total. The predicted molar refractivity (Wildman–Crippen MR) is 74.6 cm³/mol. The third-order valence-electron chi connectivity index (χ3n) is 3.77. The molecule has 1 amide bonds. The van der Waals surface area contributed by atoms with Crippen LogP contribution in [0, 0.1) is 6.92 Å². The van der Waals surface area contributed by atoms with E-state index in [1.807, 2.05) is 18.9 Å². The van der Waals surface area contributed by atoms with Crippen molar-refractivity contribution in [3.63, 3.8) is 0 Å². The molecule has 7 heteroatoms. The molecule has 1 aliphatic rings. The molecule has 0 aromatic carbocycles. The van der Waals surface area contributed by atoms with E-state index in [4.69, 9.17) is 11.6 Å². The molecule has 6 nitrogen and oxygen atoms in total. The van der Waals surface area contributed by atoms with E-state index in [9.17, 15) is 4.79 Å². The lowest BCUT2D eigenvalue weighted by atomic mass is 10.1. The van der Waals surface area contributed by atoms with Gasteiger partial charge in [-0.25, -0.2) is 4.98 Å². The molecule has 3 heterocycles. The molecule has 0 spiro atoms. The van der Waals surface area contributed by atoms with Gasteiger partial charge in [0.1, 0.15) is 10.8 Å². The highest BCUT2D eigenvalue weighted by atomic mass is 35.5. The van der Waals surface area contributed by atoms with E-state index in [1.165, 1.54) is 6.33 Å². The van der Waals surface area contributed by atoms with Crippen LogP contribution in [-0.4, -0.2) is 37.1 Å². The van der Waals surface area contributed by atoms with Gasteiger partial charge in [0.2, 0.25) is 0 Å². The Morgan fingerprint density at radius 2 is 2.35 bits per heavy atom. The van der Waals surface area contributed by atoms with Gasteiger partial charge in [0, 0.05) is 19.2 Å². The molecule has 0 saturated carbocycles. The number of halogens is 1. The van der Waals surface area contributed by atoms with E-state index in [0.717, 1.165) is 30.6 Å². The van der Waals surface area contributed by atoms with Crippen molar-refractivity contribution in [3.8, 4) is 0 Å². The maximum atomic E-state index is 12.5. The summed E-state index contributed by atoms with van der Waals surface area (Å²) in [4.78, 5) is 21.1. The first-order valence-corrected chi connectivity index (χ1v) is 6.95. The number of aryl methyl sites for hydroxylation is 2. The van der Waals surface area contributed by atoms with Crippen LogP contribution in [0.3, 0.4) is 0 Å². The van der Waals surface area contributed by atoms with Crippen LogP contribution in [-0.2, 0) is 7.05 Å². The molecule has 20 heavy (non-hydrogen) atoms. The second kappa shape index (κ2) is 4.94. The monoisotopic (exact) mass is 293 g/mol. The van der Waals surface area contributed by atoms with Crippen LogP contribution in [0.2, 0.25) is 5.15 Å². The summed E-state index contributed by atoms with van der Waals surface area (Å²) >= 11 is 6.33. The highest BCUT2D eigenvalue weighted by molar-refractivity contribution is 6.30. The maximum Gasteiger partial charge on any atom is 0.272 e. The molecule has 106 valence electrons. The van der Waals surface area contributed by atoms with Crippen LogP contribution in [0.25, 0.3) is 0 Å². The van der Waals surface area contributed by atoms with Crippen molar-refractivity contribution in [2.45, 2.75) is 25.8 Å². The van der Waals surface area contributed by atoms with Crippen molar-refractivity contribution in [1.29, 1.82) is 0 Å². The molecule has 3 rings (SSSR count). The summed E-state index contributed by atoms with van der Waals surface area (Å²) in [5, 5.41) is 4.95. The number of carbonyl (C=O) groups excluding carboxylic acids is 1. The van der Waals surface area contributed by atoms with Crippen molar-refractivity contribution < 1.29 is 4.79 Å². The largest absolute Gasteiger partial charge is 0.341 e. The minimum Gasteiger partial charge on any atom is -0.341 e. The van der Waals surface area contributed by atoms with Gasteiger partial charge in [-0.05, 0) is 19.8 Å². The van der Waals surface area contributed by atoms with Gasteiger partial charge >= 0.3 is 0 Å². The lowest BCUT2D eigenvalue weighted by Crippen LogP contribution is -2.31. The fourth-order valence-corrected chi connectivity index (χ4v) is 3.16. The molecule has 2 aromatic heterocycles. The lowest BCUT2D eigenvalue weighted by Gasteiger charge is -2.24. The van der Waals surface area contributed by atoms with Crippen molar-refractivity contribution >= 4 is 17.5 Å². The van der Waals surface area contributed by atoms with Gasteiger partial charge in [0.25, 0.3) is 5.91 Å². The minimum atomic E-state index is -0.0377. The Balaban J connectivity index is 1.95. The number of likely N-dealkylation sites (tertiary alicyclic amines) is 1. The first-order valence-electron chi connectivity index (χ1n) is 6.58. The van der Waals surface area contributed by atoms with E-state index in [2.05, 4.69) is 15.1 Å². The van der Waals surface area contributed by atoms with Crippen LogP contribution in [0.1, 0.15) is 40.6 Å². The Morgan fingerprint density at radius 3 is 2.95 bits per heavy atom. The van der Waals surface area contributed by atoms with Crippen LogP contribution in [0.15, 0.2) is 12.5 Å². The normalized spacial score (nSPS) is 18.8. The number of aromatic amines is 1. The molecule has 0 unspecified atom stereocenters. The van der Waals surface area contributed by atoms with E-state index in [-0.39, 0.29) is 11.9 Å². The summed E-state index contributed by atoms with van der Waals surface area (Å²) in [6.07, 6.45) is 4.94. The summed E-state index contributed by atoms with van der Waals surface area (Å²) in [7, 11) is 1.81. The van der Waals surface area contributed by atoms with Crippen molar-refractivity contribution in [1.82, 2.24) is 24.6 Å². The van der Waals surface area contributed by atoms with Gasteiger partial charge in [-0.3, -0.25) is 9.48 Å². The van der Waals surface area contributed by atoms with Gasteiger partial charge in [-0.15, -0.1) is 0 Å². The van der Waals surface area contributed by atoms with Crippen LogP contribution in [0.4, 0.5) is 0 Å². The standard InChI is InChI=1S/C13H16ClN5O/c1-8-11(12(14)18(2)17-8)10-4-3-5-19(10)13(20)9-6-15-7-16-9/h6-7,10H,3-5H2,1-2H3,(H,15,16)/t10-/m1/s1. The molecular weight excluding hydrogens is 278 g/mol. The fraction of sp³-hybridized carbons (Fsp3) is 0.462. The zero-order valence-corrected chi connectivity index (χ0v) is 12.2. The topological polar surface area (TPSA) is 66.8 Å². The smallest absolute Gasteiger partial charge is 0.272 e. The summed E-state index contributed by atoms with van der Waals surface area (Å²) in [5.41, 5.74) is 2.35. The highest BCUT2D eigenvalue weighted by Crippen LogP contribution is 2.38. The minimum absolute atomic E-state index is 0.00741. The molecule has 2 aromatic rings. The van der Waals surface area contributed by atoms with Crippen LogP contribution >= 0.6 is 11.6 Å². The van der Waals surface area contributed by atoms with E-state index in [0.29, 0.717) is 10.8 Å². The van der Waals surface area contributed by atoms with Crippen molar-refractivity contribution in [2.75, 3.05) is 6.54 Å². The lowest BCUT2D eigenvalue weighted by molar-refractivity contribution is 0.0730. The van der Waals surface area contributed by atoms with E-state index in [1.54, 1.807) is 10.9 Å². The van der Waals surface area contributed by atoms with Crippen molar-refractivity contribution in [2.24, 2.45) is 7.05 Å². The number of imidazole rings is 1. The number of hydrogen-bond acceptors (Lipinski definition) is 3. The number of hydrogen-bond donors (Lipinski definition) is 1. The van der Waals surface area contributed by atoms with Crippen LogP contribution in [0.5, 0.6) is 0 Å². The van der Waals surface area contributed by atoms with Gasteiger partial charge in [0.15, 0.2) is 0 Å². The second-order valence-corrected chi connectivity index (χ2v) is 5.39.